The fourth-order valence-electron chi connectivity index (χ4n) is 1.90. The molecular weight excluding hydrogens is 345 g/mol. The van der Waals surface area contributed by atoms with Crippen molar-refractivity contribution in [3.8, 4) is 5.75 Å². The van der Waals surface area contributed by atoms with Crippen LogP contribution < -0.4 is 9.04 Å². The van der Waals surface area contributed by atoms with E-state index in [2.05, 4.69) is 0 Å². The van der Waals surface area contributed by atoms with Gasteiger partial charge in [0, 0.05) is 7.05 Å². The fourth-order valence-corrected chi connectivity index (χ4v) is 3.58. The van der Waals surface area contributed by atoms with E-state index in [1.807, 2.05) is 6.92 Å². The van der Waals surface area contributed by atoms with Gasteiger partial charge in [0.05, 0.1) is 27.2 Å². The van der Waals surface area contributed by atoms with Crippen LogP contribution in [0.5, 0.6) is 5.75 Å². The number of rotatable bonds is 5. The van der Waals surface area contributed by atoms with Crippen LogP contribution >= 0.6 is 23.2 Å². The van der Waals surface area contributed by atoms with Gasteiger partial charge < -0.3 is 4.74 Å². The molecule has 0 heterocycles. The smallest absolute Gasteiger partial charge is 0.264 e. The Labute approximate surface area is 140 Å². The maximum atomic E-state index is 12.6. The average Bonchev–Trinajstić information content (AvgIpc) is 2.50. The third-order valence-corrected chi connectivity index (χ3v) is 5.66. The molecule has 0 saturated carbocycles. The number of nitrogens with zero attached hydrogens (tertiary/aromatic N) is 1. The van der Waals surface area contributed by atoms with E-state index in [4.69, 9.17) is 27.9 Å². The first-order valence-electron chi connectivity index (χ1n) is 6.53. The number of hydrogen-bond acceptors (Lipinski definition) is 3. The molecule has 0 fully saturated rings. The van der Waals surface area contributed by atoms with E-state index in [-0.39, 0.29) is 9.92 Å². The number of ether oxygens (including phenoxy) is 1. The molecule has 0 aliphatic heterocycles. The third kappa shape index (κ3) is 3.32. The molecule has 0 unspecified atom stereocenters. The van der Waals surface area contributed by atoms with Gasteiger partial charge in [0.15, 0.2) is 0 Å². The Morgan fingerprint density at radius 2 is 1.73 bits per heavy atom. The first kappa shape index (κ1) is 16.9. The van der Waals surface area contributed by atoms with E-state index in [9.17, 15) is 8.42 Å². The average molecular weight is 360 g/mol. The summed E-state index contributed by atoms with van der Waals surface area (Å²) in [5.41, 5.74) is 0.322. The number of anilines is 1. The largest absolute Gasteiger partial charge is 0.494 e. The van der Waals surface area contributed by atoms with Crippen LogP contribution in [0.25, 0.3) is 0 Å². The van der Waals surface area contributed by atoms with Crippen LogP contribution in [0.3, 0.4) is 0 Å². The normalized spacial score (nSPS) is 11.3. The zero-order chi connectivity index (χ0) is 16.3. The fraction of sp³-hybridized carbons (Fsp3) is 0.200. The molecule has 0 amide bonds. The minimum atomic E-state index is -3.73. The van der Waals surface area contributed by atoms with Crippen LogP contribution in [0.2, 0.25) is 10.0 Å². The molecule has 0 bridgehead atoms. The first-order valence-corrected chi connectivity index (χ1v) is 8.73. The minimum Gasteiger partial charge on any atom is -0.494 e. The molecule has 0 spiro atoms. The number of halogens is 2. The summed E-state index contributed by atoms with van der Waals surface area (Å²) in [5.74, 6) is 0.616. The highest BCUT2D eigenvalue weighted by Gasteiger charge is 2.23. The quantitative estimate of drug-likeness (QED) is 0.802. The van der Waals surface area contributed by atoms with Gasteiger partial charge in [-0.2, -0.15) is 0 Å². The molecule has 0 aliphatic carbocycles. The summed E-state index contributed by atoms with van der Waals surface area (Å²) in [4.78, 5) is 0.148. The van der Waals surface area contributed by atoms with Crippen molar-refractivity contribution >= 4 is 38.9 Å². The highest BCUT2D eigenvalue weighted by molar-refractivity contribution is 7.92. The summed E-state index contributed by atoms with van der Waals surface area (Å²) >= 11 is 12.0. The van der Waals surface area contributed by atoms with E-state index >= 15 is 0 Å². The highest BCUT2D eigenvalue weighted by atomic mass is 35.5. The molecule has 0 radical (unpaired) electrons. The minimum absolute atomic E-state index is 0.148. The van der Waals surface area contributed by atoms with Gasteiger partial charge in [-0.25, -0.2) is 8.42 Å². The standard InChI is InChI=1S/C15H15Cl2NO3S/c1-3-21-11-7-9-12(10-8-11)22(19,20)18(2)14-6-4-5-13(16)15(14)17/h4-10H,3H2,1-2H3. The topological polar surface area (TPSA) is 46.6 Å². The molecule has 0 atom stereocenters. The second-order valence-electron chi connectivity index (χ2n) is 4.45. The molecule has 2 rings (SSSR count). The van der Waals surface area contributed by atoms with E-state index in [1.165, 1.54) is 19.2 Å². The van der Waals surface area contributed by atoms with Crippen LogP contribution in [-0.4, -0.2) is 22.1 Å². The lowest BCUT2D eigenvalue weighted by molar-refractivity contribution is 0.340. The van der Waals surface area contributed by atoms with Gasteiger partial charge in [-0.1, -0.05) is 29.3 Å². The zero-order valence-electron chi connectivity index (χ0n) is 12.1. The Hall–Kier alpha value is -1.43. The van der Waals surface area contributed by atoms with Crippen molar-refractivity contribution in [3.63, 3.8) is 0 Å². The van der Waals surface area contributed by atoms with E-state index in [1.54, 1.807) is 30.3 Å². The highest BCUT2D eigenvalue weighted by Crippen LogP contribution is 2.34. The van der Waals surface area contributed by atoms with Crippen molar-refractivity contribution in [1.29, 1.82) is 0 Å². The maximum absolute atomic E-state index is 12.6. The van der Waals surface area contributed by atoms with Crippen LogP contribution in [0.15, 0.2) is 47.4 Å². The van der Waals surface area contributed by atoms with E-state index < -0.39 is 10.0 Å². The van der Waals surface area contributed by atoms with Gasteiger partial charge in [0.25, 0.3) is 10.0 Å². The number of benzene rings is 2. The van der Waals surface area contributed by atoms with E-state index in [0.29, 0.717) is 23.1 Å². The van der Waals surface area contributed by atoms with Crippen molar-refractivity contribution in [2.45, 2.75) is 11.8 Å². The summed E-state index contributed by atoms with van der Waals surface area (Å²) in [7, 11) is -2.29. The van der Waals surface area contributed by atoms with Crippen molar-refractivity contribution in [2.24, 2.45) is 0 Å². The Morgan fingerprint density at radius 3 is 2.32 bits per heavy atom. The molecule has 0 saturated heterocycles. The molecular formula is C15H15Cl2NO3S. The Kier molecular flexibility index (Phi) is 5.21. The van der Waals surface area contributed by atoms with Crippen molar-refractivity contribution in [3.05, 3.63) is 52.5 Å². The lowest BCUT2D eigenvalue weighted by atomic mass is 10.3. The SMILES string of the molecule is CCOc1ccc(S(=O)(=O)N(C)c2cccc(Cl)c2Cl)cc1. The van der Waals surface area contributed by atoms with E-state index in [0.717, 1.165) is 4.31 Å². The number of sulfonamides is 1. The van der Waals surface area contributed by atoms with Gasteiger partial charge in [-0.3, -0.25) is 4.31 Å². The van der Waals surface area contributed by atoms with Crippen LogP contribution in [0.4, 0.5) is 5.69 Å². The third-order valence-electron chi connectivity index (χ3n) is 3.06. The second kappa shape index (κ2) is 6.77. The second-order valence-corrected chi connectivity index (χ2v) is 7.20. The summed E-state index contributed by atoms with van der Waals surface area (Å²) in [6.07, 6.45) is 0. The van der Waals surface area contributed by atoms with Crippen LogP contribution in [0, 0.1) is 0 Å². The van der Waals surface area contributed by atoms with Gasteiger partial charge in [-0.05, 0) is 43.3 Å². The molecule has 0 aliphatic rings. The monoisotopic (exact) mass is 359 g/mol. The Bertz CT molecular complexity index is 761. The number of hydrogen-bond donors (Lipinski definition) is 0. The summed E-state index contributed by atoms with van der Waals surface area (Å²) in [6, 6.07) is 11.1. The first-order chi connectivity index (χ1) is 10.4. The maximum Gasteiger partial charge on any atom is 0.264 e. The summed E-state index contributed by atoms with van der Waals surface area (Å²) in [5, 5.41) is 0.495. The Morgan fingerprint density at radius 1 is 1.09 bits per heavy atom. The zero-order valence-corrected chi connectivity index (χ0v) is 14.4. The molecule has 0 aromatic heterocycles. The van der Waals surface area contributed by atoms with Gasteiger partial charge in [0.2, 0.25) is 0 Å². The molecule has 7 heteroatoms. The lowest BCUT2D eigenvalue weighted by Crippen LogP contribution is -2.26. The van der Waals surface area contributed by atoms with Gasteiger partial charge in [-0.15, -0.1) is 0 Å². The molecule has 0 N–H and O–H groups in total. The predicted octanol–water partition coefficient (Wildman–Crippen LogP) is 4.22. The molecule has 4 nitrogen and oxygen atoms in total. The molecule has 22 heavy (non-hydrogen) atoms. The van der Waals surface area contributed by atoms with Gasteiger partial charge in [0.1, 0.15) is 5.75 Å². The Balaban J connectivity index is 2.39. The molecule has 2 aromatic rings. The van der Waals surface area contributed by atoms with Crippen molar-refractivity contribution in [1.82, 2.24) is 0 Å². The van der Waals surface area contributed by atoms with Crippen molar-refractivity contribution < 1.29 is 13.2 Å². The van der Waals surface area contributed by atoms with Crippen LogP contribution in [-0.2, 0) is 10.0 Å². The van der Waals surface area contributed by atoms with Crippen LogP contribution in [0.1, 0.15) is 6.92 Å². The lowest BCUT2D eigenvalue weighted by Gasteiger charge is -2.21. The summed E-state index contributed by atoms with van der Waals surface area (Å²) in [6.45, 7) is 2.38. The predicted molar refractivity (Wildman–Crippen MR) is 89.7 cm³/mol. The molecule has 118 valence electrons. The molecule has 2 aromatic carbocycles. The van der Waals surface area contributed by atoms with Crippen molar-refractivity contribution in [2.75, 3.05) is 18.0 Å². The summed E-state index contributed by atoms with van der Waals surface area (Å²) < 4.78 is 31.7. The van der Waals surface area contributed by atoms with Gasteiger partial charge >= 0.3 is 0 Å².